The van der Waals surface area contributed by atoms with Crippen molar-refractivity contribution in [3.63, 3.8) is 0 Å². The summed E-state index contributed by atoms with van der Waals surface area (Å²) in [4.78, 5) is 16.7. The number of nitrogens with two attached hydrogens (primary N) is 1. The van der Waals surface area contributed by atoms with E-state index in [1.807, 2.05) is 54.6 Å². The molecule has 0 aliphatic carbocycles. The van der Waals surface area contributed by atoms with Gasteiger partial charge in [-0.3, -0.25) is 4.90 Å². The molecule has 3 N–H and O–H groups in total. The summed E-state index contributed by atoms with van der Waals surface area (Å²) in [7, 11) is 1.46. The number of nitrogens with zero attached hydrogens (tertiary/aromatic N) is 3. The van der Waals surface area contributed by atoms with E-state index < -0.39 is 6.09 Å². The topological polar surface area (TPSA) is 105 Å². The second kappa shape index (κ2) is 8.94. The van der Waals surface area contributed by atoms with Gasteiger partial charge in [-0.15, -0.1) is 12.4 Å². The lowest BCUT2D eigenvalue weighted by molar-refractivity contribution is 0.203. The fourth-order valence-corrected chi connectivity index (χ4v) is 3.32. The lowest BCUT2D eigenvalue weighted by Crippen LogP contribution is -2.25. The van der Waals surface area contributed by atoms with E-state index in [2.05, 4.69) is 10.1 Å². The van der Waals surface area contributed by atoms with Gasteiger partial charge in [0.15, 0.2) is 5.58 Å². The minimum atomic E-state index is -1.07. The highest BCUT2D eigenvalue weighted by Crippen LogP contribution is 2.33. The number of benzene rings is 2. The number of fused-ring (bicyclic) bond motifs is 1. The van der Waals surface area contributed by atoms with Crippen molar-refractivity contribution in [2.45, 2.75) is 12.5 Å². The first kappa shape index (κ1) is 21.3. The van der Waals surface area contributed by atoms with E-state index in [1.165, 1.54) is 7.05 Å². The predicted octanol–water partition coefficient (Wildman–Crippen LogP) is 4.67. The molecule has 2 aromatic heterocycles. The molecule has 0 saturated heterocycles. The van der Waals surface area contributed by atoms with Crippen molar-refractivity contribution in [2.24, 2.45) is 5.73 Å². The summed E-state index contributed by atoms with van der Waals surface area (Å²) in [5.41, 5.74) is 10.5. The Morgan fingerprint density at radius 2 is 1.83 bits per heavy atom. The third-order valence-electron chi connectivity index (χ3n) is 4.84. The van der Waals surface area contributed by atoms with Crippen LogP contribution in [0.4, 0.5) is 10.6 Å². The fraction of sp³-hybridized carbons (Fsp3) is 0.136. The van der Waals surface area contributed by atoms with Gasteiger partial charge in [0.2, 0.25) is 0 Å². The molecule has 0 radical (unpaired) electrons. The Labute approximate surface area is 179 Å². The molecule has 0 spiro atoms. The summed E-state index contributed by atoms with van der Waals surface area (Å²) in [6.07, 6.45) is -0.615. The van der Waals surface area contributed by atoms with E-state index in [1.54, 1.807) is 12.1 Å². The molecule has 2 heterocycles. The van der Waals surface area contributed by atoms with Gasteiger partial charge in [-0.05, 0) is 29.8 Å². The lowest BCUT2D eigenvalue weighted by atomic mass is 9.94. The summed E-state index contributed by atoms with van der Waals surface area (Å²) in [5.74, 6) is 0.359. The maximum atomic E-state index is 11.2. The third-order valence-corrected chi connectivity index (χ3v) is 4.84. The van der Waals surface area contributed by atoms with Crippen LogP contribution in [0.15, 0.2) is 71.3 Å². The summed E-state index contributed by atoms with van der Waals surface area (Å²) in [6, 6.07) is 20.4. The number of halogens is 1. The van der Waals surface area contributed by atoms with Gasteiger partial charge in [0.05, 0.1) is 0 Å². The van der Waals surface area contributed by atoms with Crippen molar-refractivity contribution in [3.8, 4) is 11.3 Å². The normalized spacial score (nSPS) is 11.7. The molecule has 4 aromatic rings. The highest BCUT2D eigenvalue weighted by Gasteiger charge is 2.18. The number of para-hydroxylation sites is 1. The summed E-state index contributed by atoms with van der Waals surface area (Å²) in [6.45, 7) is 0. The van der Waals surface area contributed by atoms with Gasteiger partial charge in [0, 0.05) is 36.2 Å². The maximum absolute atomic E-state index is 11.2. The van der Waals surface area contributed by atoms with E-state index in [9.17, 15) is 4.79 Å². The zero-order valence-electron chi connectivity index (χ0n) is 16.2. The Balaban J connectivity index is 0.00000256. The molecule has 8 heteroatoms. The molecule has 0 aliphatic heterocycles. The molecule has 0 bridgehead atoms. The Bertz CT molecular complexity index is 1180. The molecule has 0 saturated carbocycles. The Morgan fingerprint density at radius 1 is 1.10 bits per heavy atom. The Hall–Kier alpha value is -3.42. The molecule has 154 valence electrons. The number of rotatable bonds is 5. The summed E-state index contributed by atoms with van der Waals surface area (Å²) in [5, 5.41) is 14.3. The molecule has 4 rings (SSSR count). The third kappa shape index (κ3) is 4.12. The smallest absolute Gasteiger partial charge is 0.412 e. The average molecular weight is 425 g/mol. The van der Waals surface area contributed by atoms with Crippen LogP contribution >= 0.6 is 12.4 Å². The predicted molar refractivity (Wildman–Crippen MR) is 118 cm³/mol. The van der Waals surface area contributed by atoms with Crippen molar-refractivity contribution < 1.29 is 14.4 Å². The molecule has 0 aliphatic rings. The minimum Gasteiger partial charge on any atom is -0.465 e. The van der Waals surface area contributed by atoms with Crippen LogP contribution in [-0.2, 0) is 6.42 Å². The molecule has 1 amide bonds. The van der Waals surface area contributed by atoms with Gasteiger partial charge in [-0.25, -0.2) is 9.78 Å². The number of anilines is 1. The fourth-order valence-electron chi connectivity index (χ4n) is 3.32. The standard InChI is InChI=1S/C22H20N4O3.ClH/c1-26(22(27)28)20-12-6-7-14(24-20)13-18(23)15-8-2-3-9-16(15)21-17-10-4-5-11-19(17)29-25-21;/h2-12,18H,13,23H2,1H3,(H,27,28);1H/t18-;/m0./s1. The van der Waals surface area contributed by atoms with Crippen LogP contribution in [0.25, 0.3) is 22.2 Å². The molecular formula is C22H21ClN4O3. The van der Waals surface area contributed by atoms with Gasteiger partial charge in [-0.2, -0.15) is 0 Å². The van der Waals surface area contributed by atoms with Crippen LogP contribution in [0.3, 0.4) is 0 Å². The van der Waals surface area contributed by atoms with Crippen molar-refractivity contribution in [1.82, 2.24) is 10.1 Å². The number of pyridine rings is 1. The Morgan fingerprint density at radius 3 is 2.63 bits per heavy atom. The number of amides is 1. The van der Waals surface area contributed by atoms with Crippen LogP contribution < -0.4 is 10.6 Å². The van der Waals surface area contributed by atoms with Crippen molar-refractivity contribution in [3.05, 3.63) is 78.0 Å². The highest BCUT2D eigenvalue weighted by atomic mass is 35.5. The maximum Gasteiger partial charge on any atom is 0.412 e. The van der Waals surface area contributed by atoms with Gasteiger partial charge in [0.1, 0.15) is 11.5 Å². The van der Waals surface area contributed by atoms with Crippen molar-refractivity contribution in [2.75, 3.05) is 11.9 Å². The van der Waals surface area contributed by atoms with Gasteiger partial charge in [0.25, 0.3) is 0 Å². The molecule has 0 fully saturated rings. The van der Waals surface area contributed by atoms with E-state index >= 15 is 0 Å². The second-order valence-corrected chi connectivity index (χ2v) is 6.75. The second-order valence-electron chi connectivity index (χ2n) is 6.75. The number of hydrogen-bond donors (Lipinski definition) is 2. The average Bonchev–Trinajstić information content (AvgIpc) is 3.17. The molecule has 7 nitrogen and oxygen atoms in total. The quantitative estimate of drug-likeness (QED) is 0.482. The molecular weight excluding hydrogens is 404 g/mol. The van der Waals surface area contributed by atoms with Crippen molar-refractivity contribution in [1.29, 1.82) is 0 Å². The molecule has 0 unspecified atom stereocenters. The number of carboxylic acid groups (broad SMARTS) is 1. The summed E-state index contributed by atoms with van der Waals surface area (Å²) < 4.78 is 5.46. The number of hydrogen-bond acceptors (Lipinski definition) is 5. The van der Waals surface area contributed by atoms with E-state index in [0.717, 1.165) is 32.7 Å². The van der Waals surface area contributed by atoms with Gasteiger partial charge < -0.3 is 15.4 Å². The zero-order valence-corrected chi connectivity index (χ0v) is 17.0. The van der Waals surface area contributed by atoms with Crippen LogP contribution in [0.2, 0.25) is 0 Å². The molecule has 1 atom stereocenters. The monoisotopic (exact) mass is 424 g/mol. The first-order chi connectivity index (χ1) is 14.0. The molecule has 30 heavy (non-hydrogen) atoms. The SMILES string of the molecule is CN(C(=O)O)c1cccc(C[C@H](N)c2ccccc2-c2noc3ccccc23)n1.Cl. The van der Waals surface area contributed by atoms with Crippen LogP contribution in [0, 0.1) is 0 Å². The minimum absolute atomic E-state index is 0. The van der Waals surface area contributed by atoms with Gasteiger partial charge >= 0.3 is 6.09 Å². The lowest BCUT2D eigenvalue weighted by Gasteiger charge is -2.17. The van der Waals surface area contributed by atoms with Crippen LogP contribution in [0.1, 0.15) is 17.3 Å². The highest BCUT2D eigenvalue weighted by molar-refractivity contribution is 5.92. The van der Waals surface area contributed by atoms with E-state index in [4.69, 9.17) is 15.4 Å². The Kier molecular flexibility index (Phi) is 6.34. The largest absolute Gasteiger partial charge is 0.465 e. The summed E-state index contributed by atoms with van der Waals surface area (Å²) >= 11 is 0. The van der Waals surface area contributed by atoms with E-state index in [0.29, 0.717) is 17.9 Å². The van der Waals surface area contributed by atoms with Crippen molar-refractivity contribution >= 4 is 35.3 Å². The van der Waals surface area contributed by atoms with Gasteiger partial charge in [-0.1, -0.05) is 47.6 Å². The van der Waals surface area contributed by atoms with Crippen LogP contribution in [-0.4, -0.2) is 28.4 Å². The number of aromatic nitrogens is 2. The first-order valence-electron chi connectivity index (χ1n) is 9.16. The number of carbonyl (C=O) groups is 1. The van der Waals surface area contributed by atoms with E-state index in [-0.39, 0.29) is 18.4 Å². The first-order valence-corrected chi connectivity index (χ1v) is 9.16. The van der Waals surface area contributed by atoms with Crippen LogP contribution in [0.5, 0.6) is 0 Å². The molecule has 2 aromatic carbocycles. The zero-order chi connectivity index (χ0) is 20.4.